The first-order valence-electron chi connectivity index (χ1n) is 12.0. The molecule has 4 rings (SSSR count). The number of thiazole rings is 1. The summed E-state index contributed by atoms with van der Waals surface area (Å²) in [7, 11) is 0. The number of nitrogens with zero attached hydrogens (tertiary/aromatic N) is 2. The number of amides is 1. The first-order chi connectivity index (χ1) is 16.7. The minimum atomic E-state index is -0.280. The van der Waals surface area contributed by atoms with E-state index in [1.54, 1.807) is 0 Å². The molecule has 35 heavy (non-hydrogen) atoms. The number of ether oxygens (including phenoxy) is 1. The molecule has 1 fully saturated rings. The Balaban J connectivity index is 1.52. The Morgan fingerprint density at radius 1 is 1.11 bits per heavy atom. The molecule has 7 heteroatoms. The van der Waals surface area contributed by atoms with Crippen molar-refractivity contribution >= 4 is 28.7 Å². The number of hydrogen-bond acceptors (Lipinski definition) is 6. The van der Waals surface area contributed by atoms with Gasteiger partial charge in [-0.3, -0.25) is 14.5 Å². The average Bonchev–Trinajstić information content (AvgIpc) is 3.32. The number of carbonyl (C=O) groups is 2. The average molecular weight is 492 g/mol. The third-order valence-electron chi connectivity index (χ3n) is 6.30. The van der Waals surface area contributed by atoms with Gasteiger partial charge in [-0.15, -0.1) is 11.3 Å². The van der Waals surface area contributed by atoms with Gasteiger partial charge in [-0.1, -0.05) is 63.2 Å². The third kappa shape index (κ3) is 6.23. The van der Waals surface area contributed by atoms with E-state index in [9.17, 15) is 9.59 Å². The number of ketones is 1. The van der Waals surface area contributed by atoms with Crippen molar-refractivity contribution in [1.29, 1.82) is 0 Å². The van der Waals surface area contributed by atoms with Crippen LogP contribution in [0.2, 0.25) is 0 Å². The van der Waals surface area contributed by atoms with Crippen LogP contribution in [-0.2, 0) is 21.4 Å². The lowest BCUT2D eigenvalue weighted by Crippen LogP contribution is -2.47. The molecule has 0 bridgehead atoms. The van der Waals surface area contributed by atoms with E-state index >= 15 is 0 Å². The van der Waals surface area contributed by atoms with Crippen molar-refractivity contribution in [2.24, 2.45) is 0 Å². The van der Waals surface area contributed by atoms with Crippen molar-refractivity contribution in [3.05, 3.63) is 70.9 Å². The van der Waals surface area contributed by atoms with Crippen LogP contribution in [0.3, 0.4) is 0 Å². The van der Waals surface area contributed by atoms with Crippen molar-refractivity contribution in [1.82, 2.24) is 9.88 Å². The maximum atomic E-state index is 13.2. The number of aromatic nitrogens is 1. The Bertz CT molecular complexity index is 1180. The number of anilines is 1. The molecule has 3 aromatic rings. The lowest BCUT2D eigenvalue weighted by atomic mass is 9.84. The van der Waals surface area contributed by atoms with E-state index in [-0.39, 0.29) is 29.6 Å². The Kier molecular flexibility index (Phi) is 7.79. The Labute approximate surface area is 211 Å². The monoisotopic (exact) mass is 491 g/mol. The molecule has 184 valence electrons. The Morgan fingerprint density at radius 2 is 1.83 bits per heavy atom. The summed E-state index contributed by atoms with van der Waals surface area (Å²) in [5.41, 5.74) is 3.17. The second-order valence-electron chi connectivity index (χ2n) is 9.91. The molecule has 6 nitrogen and oxygen atoms in total. The van der Waals surface area contributed by atoms with Crippen molar-refractivity contribution in [3.63, 3.8) is 0 Å². The second-order valence-corrected chi connectivity index (χ2v) is 11.0. The highest BCUT2D eigenvalue weighted by molar-refractivity contribution is 7.15. The molecule has 0 spiro atoms. The van der Waals surface area contributed by atoms with Crippen LogP contribution in [0.1, 0.15) is 48.6 Å². The van der Waals surface area contributed by atoms with E-state index < -0.39 is 0 Å². The molecule has 1 amide bonds. The fraction of sp³-hybridized carbons (Fsp3) is 0.393. The summed E-state index contributed by atoms with van der Waals surface area (Å²) < 4.78 is 5.41. The highest BCUT2D eigenvalue weighted by Gasteiger charge is 2.26. The summed E-state index contributed by atoms with van der Waals surface area (Å²) in [6.45, 7) is 11.0. The summed E-state index contributed by atoms with van der Waals surface area (Å²) in [5.74, 6) is -0.0921. The SMILES string of the molecule is CC(C(=O)Nc1cc(C(=O)Cc2ncc(-c3ccccc3)s2)ccc1C(C)(C)C)N1CCOCC1. The van der Waals surface area contributed by atoms with Gasteiger partial charge in [0.25, 0.3) is 0 Å². The molecule has 0 aliphatic carbocycles. The van der Waals surface area contributed by atoms with Crippen LogP contribution in [0.25, 0.3) is 10.4 Å². The van der Waals surface area contributed by atoms with Crippen LogP contribution >= 0.6 is 11.3 Å². The van der Waals surface area contributed by atoms with E-state index in [1.165, 1.54) is 11.3 Å². The second kappa shape index (κ2) is 10.8. The van der Waals surface area contributed by atoms with Gasteiger partial charge in [0.1, 0.15) is 5.01 Å². The highest BCUT2D eigenvalue weighted by atomic mass is 32.1. The molecule has 1 N–H and O–H groups in total. The number of rotatable bonds is 7. The van der Waals surface area contributed by atoms with Crippen LogP contribution in [0.15, 0.2) is 54.7 Å². The number of carbonyl (C=O) groups excluding carboxylic acids is 2. The molecule has 0 radical (unpaired) electrons. The fourth-order valence-corrected chi connectivity index (χ4v) is 5.13. The molecule has 1 atom stereocenters. The third-order valence-corrected chi connectivity index (χ3v) is 7.35. The van der Waals surface area contributed by atoms with Crippen LogP contribution in [0.5, 0.6) is 0 Å². The van der Waals surface area contributed by atoms with E-state index in [0.29, 0.717) is 24.5 Å². The van der Waals surface area contributed by atoms with Gasteiger partial charge in [0.15, 0.2) is 5.78 Å². The molecule has 1 saturated heterocycles. The van der Waals surface area contributed by atoms with E-state index in [1.807, 2.05) is 61.7 Å². The quantitative estimate of drug-likeness (QED) is 0.461. The van der Waals surface area contributed by atoms with Crippen LogP contribution in [0, 0.1) is 0 Å². The van der Waals surface area contributed by atoms with E-state index in [4.69, 9.17) is 4.74 Å². The molecule has 1 aliphatic rings. The Hall–Kier alpha value is -2.87. The van der Waals surface area contributed by atoms with Gasteiger partial charge in [-0.25, -0.2) is 4.98 Å². The zero-order valence-corrected chi connectivity index (χ0v) is 21.7. The molecular formula is C28H33N3O3S. The van der Waals surface area contributed by atoms with Gasteiger partial charge >= 0.3 is 0 Å². The van der Waals surface area contributed by atoms with Crippen molar-refractivity contribution in [2.45, 2.75) is 45.6 Å². The zero-order chi connectivity index (χ0) is 25.0. The molecule has 1 aliphatic heterocycles. The first kappa shape index (κ1) is 25.2. The van der Waals surface area contributed by atoms with E-state index in [0.717, 1.165) is 34.1 Å². The van der Waals surface area contributed by atoms with Gasteiger partial charge in [0, 0.05) is 30.5 Å². The van der Waals surface area contributed by atoms with E-state index in [2.05, 4.69) is 36.0 Å². The molecule has 2 heterocycles. The van der Waals surface area contributed by atoms with Crippen molar-refractivity contribution in [2.75, 3.05) is 31.6 Å². The maximum absolute atomic E-state index is 13.2. The number of morpholine rings is 1. The van der Waals surface area contributed by atoms with Gasteiger partial charge in [0.05, 0.1) is 30.6 Å². The molecule has 0 saturated carbocycles. The lowest BCUT2D eigenvalue weighted by Gasteiger charge is -2.32. The van der Waals surface area contributed by atoms with Crippen LogP contribution in [0.4, 0.5) is 5.69 Å². The predicted octanol–water partition coefficient (Wildman–Crippen LogP) is 5.19. The Morgan fingerprint density at radius 3 is 2.51 bits per heavy atom. The maximum Gasteiger partial charge on any atom is 0.241 e. The first-order valence-corrected chi connectivity index (χ1v) is 12.8. The molecule has 1 aromatic heterocycles. The fourth-order valence-electron chi connectivity index (χ4n) is 4.21. The highest BCUT2D eigenvalue weighted by Crippen LogP contribution is 2.32. The summed E-state index contributed by atoms with van der Waals surface area (Å²) >= 11 is 1.53. The zero-order valence-electron chi connectivity index (χ0n) is 20.8. The largest absolute Gasteiger partial charge is 0.379 e. The van der Waals surface area contributed by atoms with Crippen molar-refractivity contribution < 1.29 is 14.3 Å². The smallest absolute Gasteiger partial charge is 0.241 e. The summed E-state index contributed by atoms with van der Waals surface area (Å²) in [4.78, 5) is 33.9. The van der Waals surface area contributed by atoms with Gasteiger partial charge in [-0.05, 0) is 29.5 Å². The van der Waals surface area contributed by atoms with Crippen LogP contribution < -0.4 is 5.32 Å². The molecule has 1 unspecified atom stereocenters. The minimum absolute atomic E-state index is 0.0175. The summed E-state index contributed by atoms with van der Waals surface area (Å²) in [5, 5.41) is 3.89. The number of benzene rings is 2. The molecule has 2 aromatic carbocycles. The van der Waals surface area contributed by atoms with Crippen molar-refractivity contribution in [3.8, 4) is 10.4 Å². The number of hydrogen-bond donors (Lipinski definition) is 1. The molecular weight excluding hydrogens is 458 g/mol. The normalized spacial score (nSPS) is 15.5. The lowest BCUT2D eigenvalue weighted by molar-refractivity contribution is -0.122. The van der Waals surface area contributed by atoms with Gasteiger partial charge in [0.2, 0.25) is 5.91 Å². The topological polar surface area (TPSA) is 71.5 Å². The number of nitrogens with one attached hydrogen (secondary N) is 1. The summed E-state index contributed by atoms with van der Waals surface area (Å²) in [6.07, 6.45) is 2.05. The van der Waals surface area contributed by atoms with Crippen LogP contribution in [-0.4, -0.2) is 53.9 Å². The minimum Gasteiger partial charge on any atom is -0.379 e. The number of Topliss-reactive ketones (excluding diaryl/α,β-unsaturated/α-hetero) is 1. The van der Waals surface area contributed by atoms with Gasteiger partial charge < -0.3 is 10.1 Å². The predicted molar refractivity (Wildman–Crippen MR) is 141 cm³/mol. The standard InChI is InChI=1S/C28H33N3O3S/c1-19(31-12-14-34-15-13-31)27(33)30-23-16-21(10-11-22(23)28(2,3)4)24(32)17-26-29-18-25(35-26)20-8-6-5-7-9-20/h5-11,16,18-19H,12-15,17H2,1-4H3,(H,30,33). The summed E-state index contributed by atoms with van der Waals surface area (Å²) in [6, 6.07) is 15.4. The van der Waals surface area contributed by atoms with Gasteiger partial charge in [-0.2, -0.15) is 0 Å².